The Morgan fingerprint density at radius 2 is 1.91 bits per heavy atom. The second-order valence-corrected chi connectivity index (χ2v) is 10.6. The largest absolute Gasteiger partial charge is 0.480 e. The molecule has 6 rings (SSSR count). The Bertz CT molecular complexity index is 1770. The Morgan fingerprint density at radius 1 is 1.12 bits per heavy atom. The third kappa shape index (κ3) is 5.87. The molecule has 0 bridgehead atoms. The van der Waals surface area contributed by atoms with Crippen LogP contribution in [0.15, 0.2) is 79.1 Å². The number of rotatable bonds is 9. The molecule has 1 fully saturated rings. The number of morpholine rings is 1. The fraction of sp³-hybridized carbons (Fsp3) is 0.242. The Morgan fingerprint density at radius 3 is 2.65 bits per heavy atom. The van der Waals surface area contributed by atoms with Crippen molar-refractivity contribution in [2.24, 2.45) is 0 Å². The predicted molar refractivity (Wildman–Crippen MR) is 166 cm³/mol. The lowest BCUT2D eigenvalue weighted by atomic mass is 9.98. The van der Waals surface area contributed by atoms with Gasteiger partial charge in [-0.3, -0.25) is 4.79 Å². The van der Waals surface area contributed by atoms with Crippen LogP contribution in [0.3, 0.4) is 0 Å². The van der Waals surface area contributed by atoms with Crippen molar-refractivity contribution in [1.82, 2.24) is 14.5 Å². The van der Waals surface area contributed by atoms with Gasteiger partial charge in [-0.25, -0.2) is 14.4 Å². The van der Waals surface area contributed by atoms with Crippen LogP contribution in [0.2, 0.25) is 0 Å². The standard InChI is InChI=1S/C33H33FN6O3/c1-2-21-16-26(30(34)28(17-21)39-12-14-43-15-13-39)31(37-24-8-9-25-23(18-24)10-11-36-32(25)35)33-38-27(19-40(33)20-29(41)42)22-6-4-3-5-7-22/h3-11,16-19,31,37H,2,12-15,20H2,1H3,(H2,35,36)(H,41,42). The van der Waals surface area contributed by atoms with Gasteiger partial charge < -0.3 is 30.4 Å². The number of nitrogen functional groups attached to an aromatic ring is 1. The minimum atomic E-state index is -1.03. The molecule has 0 amide bonds. The minimum absolute atomic E-state index is 0.335. The highest BCUT2D eigenvalue weighted by Gasteiger charge is 2.29. The number of hydrogen-bond donors (Lipinski definition) is 3. The zero-order valence-electron chi connectivity index (χ0n) is 23.8. The Kier molecular flexibility index (Phi) is 7.93. The maximum absolute atomic E-state index is 16.7. The smallest absolute Gasteiger partial charge is 0.323 e. The maximum atomic E-state index is 16.7. The molecule has 1 aliphatic rings. The van der Waals surface area contributed by atoms with Gasteiger partial charge in [0.1, 0.15) is 24.2 Å². The first-order valence-corrected chi connectivity index (χ1v) is 14.3. The van der Waals surface area contributed by atoms with E-state index in [9.17, 15) is 9.90 Å². The molecule has 0 saturated carbocycles. The second kappa shape index (κ2) is 12.1. The van der Waals surface area contributed by atoms with Crippen LogP contribution in [0.1, 0.15) is 29.9 Å². The molecule has 0 aliphatic carbocycles. The van der Waals surface area contributed by atoms with E-state index < -0.39 is 12.0 Å². The van der Waals surface area contributed by atoms with Crippen molar-refractivity contribution in [2.45, 2.75) is 25.9 Å². The number of fused-ring (bicyclic) bond motifs is 1. The van der Waals surface area contributed by atoms with Gasteiger partial charge in [0.25, 0.3) is 0 Å². The average molecular weight is 581 g/mol. The molecular weight excluding hydrogens is 547 g/mol. The van der Waals surface area contributed by atoms with Crippen LogP contribution < -0.4 is 16.0 Å². The highest BCUT2D eigenvalue weighted by Crippen LogP contribution is 2.36. The summed E-state index contributed by atoms with van der Waals surface area (Å²) in [5, 5.41) is 15.0. The van der Waals surface area contributed by atoms with Crippen molar-refractivity contribution in [1.29, 1.82) is 0 Å². The summed E-state index contributed by atoms with van der Waals surface area (Å²) in [4.78, 5) is 23.1. The molecule has 4 N–H and O–H groups in total. The van der Waals surface area contributed by atoms with Crippen molar-refractivity contribution in [3.63, 3.8) is 0 Å². The van der Waals surface area contributed by atoms with Gasteiger partial charge in [0.15, 0.2) is 5.82 Å². The summed E-state index contributed by atoms with van der Waals surface area (Å²) < 4.78 is 23.8. The topological polar surface area (TPSA) is 119 Å². The molecule has 220 valence electrons. The van der Waals surface area contributed by atoms with E-state index in [0.29, 0.717) is 67.0 Å². The van der Waals surface area contributed by atoms with Crippen LogP contribution >= 0.6 is 0 Å². The number of ether oxygens (including phenoxy) is 1. The Labute approximate surface area is 248 Å². The number of pyridine rings is 1. The number of nitrogens with two attached hydrogens (primary N) is 1. The first-order valence-electron chi connectivity index (χ1n) is 14.3. The Hall–Kier alpha value is -4.96. The van der Waals surface area contributed by atoms with E-state index in [1.165, 1.54) is 0 Å². The van der Waals surface area contributed by atoms with Crippen LogP contribution in [0.4, 0.5) is 21.6 Å². The van der Waals surface area contributed by atoms with E-state index in [-0.39, 0.29) is 12.4 Å². The third-order valence-corrected chi connectivity index (χ3v) is 7.76. The number of hydrogen-bond acceptors (Lipinski definition) is 7. The number of aromatic nitrogens is 3. The third-order valence-electron chi connectivity index (χ3n) is 7.76. The van der Waals surface area contributed by atoms with E-state index >= 15 is 4.39 Å². The van der Waals surface area contributed by atoms with Crippen LogP contribution in [0, 0.1) is 5.82 Å². The molecule has 1 saturated heterocycles. The number of anilines is 3. The highest BCUT2D eigenvalue weighted by atomic mass is 19.1. The lowest BCUT2D eigenvalue weighted by molar-refractivity contribution is -0.137. The summed E-state index contributed by atoms with van der Waals surface area (Å²) in [5.41, 5.74) is 10.1. The maximum Gasteiger partial charge on any atom is 0.323 e. The van der Waals surface area contributed by atoms with Gasteiger partial charge in [0, 0.05) is 47.7 Å². The van der Waals surface area contributed by atoms with Gasteiger partial charge in [0.05, 0.1) is 24.6 Å². The van der Waals surface area contributed by atoms with Gasteiger partial charge >= 0.3 is 5.97 Å². The number of carbonyl (C=O) groups is 1. The number of aryl methyl sites for hydroxylation is 1. The van der Waals surface area contributed by atoms with Crippen LogP contribution in [0.25, 0.3) is 22.0 Å². The fourth-order valence-electron chi connectivity index (χ4n) is 5.56. The van der Waals surface area contributed by atoms with Crippen LogP contribution in [-0.4, -0.2) is 51.9 Å². The zero-order chi connectivity index (χ0) is 29.9. The molecule has 43 heavy (non-hydrogen) atoms. The quantitative estimate of drug-likeness (QED) is 0.209. The van der Waals surface area contributed by atoms with Gasteiger partial charge in [-0.15, -0.1) is 0 Å². The van der Waals surface area contributed by atoms with Crippen molar-refractivity contribution in [3.8, 4) is 11.3 Å². The monoisotopic (exact) mass is 580 g/mol. The number of nitrogens with one attached hydrogen (secondary N) is 1. The summed E-state index contributed by atoms with van der Waals surface area (Å²) >= 11 is 0. The molecule has 3 heterocycles. The number of aliphatic carboxylic acids is 1. The van der Waals surface area contributed by atoms with Crippen molar-refractivity contribution >= 4 is 33.9 Å². The van der Waals surface area contributed by atoms with Crippen LogP contribution in [-0.2, 0) is 22.5 Å². The van der Waals surface area contributed by atoms with E-state index in [1.807, 2.05) is 78.6 Å². The molecule has 0 radical (unpaired) electrons. The van der Waals surface area contributed by atoms with Gasteiger partial charge in [0.2, 0.25) is 0 Å². The summed E-state index contributed by atoms with van der Waals surface area (Å²) in [5.74, 6) is -0.600. The molecular formula is C33H33FN6O3. The second-order valence-electron chi connectivity index (χ2n) is 10.6. The number of carboxylic acids is 1. The summed E-state index contributed by atoms with van der Waals surface area (Å²) in [6.45, 7) is 3.89. The van der Waals surface area contributed by atoms with Crippen LogP contribution in [0.5, 0.6) is 0 Å². The van der Waals surface area contributed by atoms with Crippen molar-refractivity contribution in [2.75, 3.05) is 42.3 Å². The molecule has 0 spiro atoms. The molecule has 1 unspecified atom stereocenters. The zero-order valence-corrected chi connectivity index (χ0v) is 23.8. The molecule has 2 aromatic heterocycles. The number of carboxylic acid groups (broad SMARTS) is 1. The number of imidazole rings is 1. The predicted octanol–water partition coefficient (Wildman–Crippen LogP) is 5.50. The lowest BCUT2D eigenvalue weighted by Crippen LogP contribution is -2.37. The minimum Gasteiger partial charge on any atom is -0.480 e. The SMILES string of the molecule is CCc1cc(C(Nc2ccc3c(N)nccc3c2)c2nc(-c3ccccc3)cn2CC(=O)O)c(F)c(N2CCOCC2)c1. The summed E-state index contributed by atoms with van der Waals surface area (Å²) in [7, 11) is 0. The van der Waals surface area contributed by atoms with Gasteiger partial charge in [-0.2, -0.15) is 0 Å². The fourth-order valence-corrected chi connectivity index (χ4v) is 5.56. The van der Waals surface area contributed by atoms with E-state index in [1.54, 1.807) is 17.0 Å². The molecule has 1 atom stereocenters. The number of benzene rings is 3. The normalized spacial score (nSPS) is 14.1. The molecule has 10 heteroatoms. The van der Waals surface area contributed by atoms with Crippen molar-refractivity contribution < 1.29 is 19.0 Å². The first-order chi connectivity index (χ1) is 20.9. The van der Waals surface area contributed by atoms with Crippen molar-refractivity contribution in [3.05, 3.63) is 102 Å². The molecule has 9 nitrogen and oxygen atoms in total. The van der Waals surface area contributed by atoms with Gasteiger partial charge in [-0.1, -0.05) is 43.3 Å². The molecule has 1 aliphatic heterocycles. The number of halogens is 1. The summed E-state index contributed by atoms with van der Waals surface area (Å²) in [6, 6.07) is 20.0. The summed E-state index contributed by atoms with van der Waals surface area (Å²) in [6.07, 6.45) is 4.05. The first kappa shape index (κ1) is 28.2. The number of nitrogens with zero attached hydrogens (tertiary/aromatic N) is 4. The Balaban J connectivity index is 1.54. The van der Waals surface area contributed by atoms with E-state index in [0.717, 1.165) is 21.9 Å². The lowest BCUT2D eigenvalue weighted by Gasteiger charge is -2.31. The molecule has 3 aromatic carbocycles. The average Bonchev–Trinajstić information content (AvgIpc) is 3.44. The van der Waals surface area contributed by atoms with E-state index in [2.05, 4.69) is 10.3 Å². The molecule has 5 aromatic rings. The van der Waals surface area contributed by atoms with Gasteiger partial charge in [-0.05, 0) is 47.7 Å². The van der Waals surface area contributed by atoms with E-state index in [4.69, 9.17) is 15.5 Å². The highest BCUT2D eigenvalue weighted by molar-refractivity contribution is 5.93.